The van der Waals surface area contributed by atoms with E-state index in [4.69, 9.17) is 21.4 Å². The Balaban J connectivity index is 2.61. The highest BCUT2D eigenvalue weighted by Crippen LogP contribution is 2.19. The molecule has 106 valence electrons. The molecule has 1 unspecified atom stereocenters. The lowest BCUT2D eigenvalue weighted by atomic mass is 9.94. The molecule has 0 saturated carbocycles. The van der Waals surface area contributed by atoms with Crippen LogP contribution in [0.25, 0.3) is 0 Å². The summed E-state index contributed by atoms with van der Waals surface area (Å²) in [7, 11) is 0. The molecule has 3 nitrogen and oxygen atoms in total. The summed E-state index contributed by atoms with van der Waals surface area (Å²) in [6.07, 6.45) is 2.94. The van der Waals surface area contributed by atoms with Crippen molar-refractivity contribution in [3.8, 4) is 0 Å². The molecule has 0 aliphatic rings. The Morgan fingerprint density at radius 2 is 2.00 bits per heavy atom. The molecule has 0 radical (unpaired) electrons. The molecule has 0 fully saturated rings. The molecule has 0 amide bonds. The van der Waals surface area contributed by atoms with Crippen LogP contribution < -0.4 is 0 Å². The first kappa shape index (κ1) is 16.0. The Kier molecular flexibility index (Phi) is 7.53. The van der Waals surface area contributed by atoms with Crippen molar-refractivity contribution in [3.05, 3.63) is 34.9 Å². The second kappa shape index (κ2) is 8.94. The minimum absolute atomic E-state index is 0.146. The summed E-state index contributed by atoms with van der Waals surface area (Å²) in [5.41, 5.74) is 1.08. The lowest BCUT2D eigenvalue weighted by Gasteiger charge is -2.15. The molecule has 0 bridgehead atoms. The summed E-state index contributed by atoms with van der Waals surface area (Å²) in [4.78, 5) is 11.9. The number of halogens is 1. The van der Waals surface area contributed by atoms with Gasteiger partial charge < -0.3 is 9.84 Å². The normalized spacial score (nSPS) is 12.2. The number of benzene rings is 1. The maximum atomic E-state index is 11.9. The van der Waals surface area contributed by atoms with Gasteiger partial charge in [0.15, 0.2) is 0 Å². The average molecular weight is 285 g/mol. The minimum atomic E-state index is -0.157. The van der Waals surface area contributed by atoms with Crippen molar-refractivity contribution in [3.63, 3.8) is 0 Å². The van der Waals surface area contributed by atoms with Gasteiger partial charge in [-0.15, -0.1) is 0 Å². The van der Waals surface area contributed by atoms with Crippen LogP contribution in [0.1, 0.15) is 31.7 Å². The molecule has 1 aromatic rings. The molecule has 0 heterocycles. The van der Waals surface area contributed by atoms with Gasteiger partial charge in [0.1, 0.15) is 0 Å². The van der Waals surface area contributed by atoms with Gasteiger partial charge >= 0.3 is 5.97 Å². The highest BCUT2D eigenvalue weighted by atomic mass is 35.5. The van der Waals surface area contributed by atoms with E-state index in [0.29, 0.717) is 18.1 Å². The number of carbonyl (C=O) groups is 1. The van der Waals surface area contributed by atoms with Gasteiger partial charge in [0.25, 0.3) is 0 Å². The maximum Gasteiger partial charge on any atom is 0.309 e. The zero-order chi connectivity index (χ0) is 14.1. The fourth-order valence-corrected chi connectivity index (χ4v) is 2.10. The second-order valence-electron chi connectivity index (χ2n) is 4.50. The Bertz CT molecular complexity index is 375. The first-order chi connectivity index (χ1) is 9.17. The maximum absolute atomic E-state index is 11.9. The van der Waals surface area contributed by atoms with E-state index in [9.17, 15) is 4.79 Å². The topological polar surface area (TPSA) is 46.5 Å². The van der Waals surface area contributed by atoms with Crippen LogP contribution in [0.3, 0.4) is 0 Å². The fourth-order valence-electron chi connectivity index (χ4n) is 1.97. The molecule has 0 saturated heterocycles. The van der Waals surface area contributed by atoms with E-state index in [-0.39, 0.29) is 18.5 Å². The van der Waals surface area contributed by atoms with Crippen LogP contribution in [0, 0.1) is 5.92 Å². The van der Waals surface area contributed by atoms with Crippen molar-refractivity contribution in [2.45, 2.75) is 32.6 Å². The SMILES string of the molecule is CCOC(=O)C(CCCCO)Cc1ccc(Cl)cc1. The number of carbonyl (C=O) groups excluding carboxylic acids is 1. The quantitative estimate of drug-likeness (QED) is 0.589. The zero-order valence-electron chi connectivity index (χ0n) is 11.3. The summed E-state index contributed by atoms with van der Waals surface area (Å²) in [6, 6.07) is 7.51. The summed E-state index contributed by atoms with van der Waals surface area (Å²) in [5, 5.41) is 9.50. The summed E-state index contributed by atoms with van der Waals surface area (Å²) >= 11 is 5.84. The van der Waals surface area contributed by atoms with Crippen LogP contribution in [-0.4, -0.2) is 24.3 Å². The van der Waals surface area contributed by atoms with Crippen LogP contribution in [0.5, 0.6) is 0 Å². The van der Waals surface area contributed by atoms with E-state index in [0.717, 1.165) is 24.8 Å². The van der Waals surface area contributed by atoms with E-state index in [1.165, 1.54) is 0 Å². The number of aliphatic hydroxyl groups is 1. The Hall–Kier alpha value is -1.06. The van der Waals surface area contributed by atoms with Crippen molar-refractivity contribution in [1.29, 1.82) is 0 Å². The van der Waals surface area contributed by atoms with E-state index in [1.807, 2.05) is 31.2 Å². The third-order valence-electron chi connectivity index (χ3n) is 2.98. The lowest BCUT2D eigenvalue weighted by Crippen LogP contribution is -2.20. The highest BCUT2D eigenvalue weighted by Gasteiger charge is 2.19. The number of unbranched alkanes of at least 4 members (excludes halogenated alkanes) is 1. The number of hydrogen-bond donors (Lipinski definition) is 1. The first-order valence-electron chi connectivity index (χ1n) is 6.69. The average Bonchev–Trinajstić information content (AvgIpc) is 2.40. The van der Waals surface area contributed by atoms with E-state index >= 15 is 0 Å². The predicted molar refractivity (Wildman–Crippen MR) is 76.2 cm³/mol. The number of esters is 1. The summed E-state index contributed by atoms with van der Waals surface area (Å²) in [6.45, 7) is 2.37. The van der Waals surface area contributed by atoms with Crippen LogP contribution >= 0.6 is 11.6 Å². The van der Waals surface area contributed by atoms with Gasteiger partial charge in [-0.2, -0.15) is 0 Å². The summed E-state index contributed by atoms with van der Waals surface area (Å²) in [5.74, 6) is -0.303. The van der Waals surface area contributed by atoms with E-state index in [2.05, 4.69) is 0 Å². The minimum Gasteiger partial charge on any atom is -0.466 e. The lowest BCUT2D eigenvalue weighted by molar-refractivity contribution is -0.148. The van der Waals surface area contributed by atoms with Crippen molar-refractivity contribution in [1.82, 2.24) is 0 Å². The van der Waals surface area contributed by atoms with Crippen molar-refractivity contribution in [2.24, 2.45) is 5.92 Å². The van der Waals surface area contributed by atoms with Gasteiger partial charge in [0.05, 0.1) is 12.5 Å². The van der Waals surface area contributed by atoms with E-state index in [1.54, 1.807) is 0 Å². The van der Waals surface area contributed by atoms with Crippen molar-refractivity contribution >= 4 is 17.6 Å². The highest BCUT2D eigenvalue weighted by molar-refractivity contribution is 6.30. The van der Waals surface area contributed by atoms with Crippen molar-refractivity contribution in [2.75, 3.05) is 13.2 Å². The van der Waals surface area contributed by atoms with Gasteiger partial charge in [-0.1, -0.05) is 30.2 Å². The van der Waals surface area contributed by atoms with Gasteiger partial charge in [0, 0.05) is 11.6 Å². The number of ether oxygens (including phenoxy) is 1. The first-order valence-corrected chi connectivity index (χ1v) is 7.07. The van der Waals surface area contributed by atoms with E-state index < -0.39 is 0 Å². The molecule has 0 spiro atoms. The van der Waals surface area contributed by atoms with Crippen LogP contribution in [0.15, 0.2) is 24.3 Å². The molecule has 1 rings (SSSR count). The number of rotatable bonds is 8. The van der Waals surface area contributed by atoms with Gasteiger partial charge in [-0.25, -0.2) is 0 Å². The largest absolute Gasteiger partial charge is 0.466 e. The monoisotopic (exact) mass is 284 g/mol. The number of aliphatic hydroxyl groups excluding tert-OH is 1. The van der Waals surface area contributed by atoms with Gasteiger partial charge in [-0.3, -0.25) is 4.79 Å². The smallest absolute Gasteiger partial charge is 0.309 e. The Morgan fingerprint density at radius 3 is 2.58 bits per heavy atom. The third-order valence-corrected chi connectivity index (χ3v) is 3.23. The molecule has 1 aromatic carbocycles. The Morgan fingerprint density at radius 1 is 1.32 bits per heavy atom. The van der Waals surface area contributed by atoms with Crippen LogP contribution in [0.4, 0.5) is 0 Å². The molecule has 0 aliphatic carbocycles. The molecular formula is C15H21ClO3. The Labute approximate surface area is 119 Å². The molecule has 1 atom stereocenters. The molecule has 0 aliphatic heterocycles. The van der Waals surface area contributed by atoms with Crippen LogP contribution in [0.2, 0.25) is 5.02 Å². The fraction of sp³-hybridized carbons (Fsp3) is 0.533. The summed E-state index contributed by atoms with van der Waals surface area (Å²) < 4.78 is 5.10. The van der Waals surface area contributed by atoms with Gasteiger partial charge in [-0.05, 0) is 43.9 Å². The molecule has 4 heteroatoms. The van der Waals surface area contributed by atoms with Crippen molar-refractivity contribution < 1.29 is 14.6 Å². The zero-order valence-corrected chi connectivity index (χ0v) is 12.0. The second-order valence-corrected chi connectivity index (χ2v) is 4.94. The molecule has 19 heavy (non-hydrogen) atoms. The third kappa shape index (κ3) is 6.08. The van der Waals surface area contributed by atoms with Crippen LogP contribution in [-0.2, 0) is 16.0 Å². The standard InChI is InChI=1S/C15H21ClO3/c1-2-19-15(18)13(5-3-4-10-17)11-12-6-8-14(16)9-7-12/h6-9,13,17H,2-5,10-11H2,1H3. The number of hydrogen-bond acceptors (Lipinski definition) is 3. The molecule has 1 N–H and O–H groups in total. The molecule has 0 aromatic heterocycles. The predicted octanol–water partition coefficient (Wildman–Crippen LogP) is 3.22. The molecular weight excluding hydrogens is 264 g/mol. The van der Waals surface area contributed by atoms with Gasteiger partial charge in [0.2, 0.25) is 0 Å².